The Morgan fingerprint density at radius 1 is 1.44 bits per heavy atom. The fraction of sp³-hybridized carbons (Fsp3) is 0.538. The summed E-state index contributed by atoms with van der Waals surface area (Å²) in [7, 11) is 0. The van der Waals surface area contributed by atoms with Crippen LogP contribution in [0.25, 0.3) is 0 Å². The van der Waals surface area contributed by atoms with Gasteiger partial charge in [-0.05, 0) is 47.8 Å². The van der Waals surface area contributed by atoms with Gasteiger partial charge in [0, 0.05) is 11.0 Å². The van der Waals surface area contributed by atoms with Crippen molar-refractivity contribution < 1.29 is 4.79 Å². The van der Waals surface area contributed by atoms with Crippen LogP contribution in [0.4, 0.5) is 5.82 Å². The van der Waals surface area contributed by atoms with Gasteiger partial charge in [-0.15, -0.1) is 0 Å². The van der Waals surface area contributed by atoms with E-state index in [9.17, 15) is 4.79 Å². The Hall–Kier alpha value is -0.940. The molecule has 5 heteroatoms. The van der Waals surface area contributed by atoms with E-state index in [-0.39, 0.29) is 5.91 Å². The number of rotatable bonds is 5. The van der Waals surface area contributed by atoms with Gasteiger partial charge in [-0.2, -0.15) is 0 Å². The normalized spacial score (nSPS) is 11.4. The highest BCUT2D eigenvalue weighted by Gasteiger charge is 2.33. The maximum absolute atomic E-state index is 12.3. The lowest BCUT2D eigenvalue weighted by Crippen LogP contribution is -2.41. The maximum Gasteiger partial charge on any atom is 0.233 e. The third-order valence-corrected chi connectivity index (χ3v) is 4.33. The van der Waals surface area contributed by atoms with Crippen molar-refractivity contribution in [3.8, 4) is 0 Å². The smallest absolute Gasteiger partial charge is 0.233 e. The van der Waals surface area contributed by atoms with E-state index in [1.165, 1.54) is 0 Å². The summed E-state index contributed by atoms with van der Waals surface area (Å²) in [6.07, 6.45) is 1.45. The summed E-state index contributed by atoms with van der Waals surface area (Å²) in [5.74, 6) is 0.518. The van der Waals surface area contributed by atoms with Crippen LogP contribution in [0.1, 0.15) is 32.4 Å². The molecule has 1 amide bonds. The highest BCUT2D eigenvalue weighted by atomic mass is 79.9. The number of halogens is 1. The molecule has 0 atom stereocenters. The van der Waals surface area contributed by atoms with Gasteiger partial charge in [0.15, 0.2) is 0 Å². The third-order valence-electron chi connectivity index (χ3n) is 3.49. The van der Waals surface area contributed by atoms with E-state index in [4.69, 9.17) is 5.73 Å². The zero-order valence-corrected chi connectivity index (χ0v) is 12.7. The number of hydrogen-bond acceptors (Lipinski definition) is 3. The summed E-state index contributed by atoms with van der Waals surface area (Å²) in [4.78, 5) is 16.6. The van der Waals surface area contributed by atoms with E-state index in [2.05, 4.69) is 26.2 Å². The lowest BCUT2D eigenvalue weighted by Gasteiger charge is -2.28. The van der Waals surface area contributed by atoms with Crippen LogP contribution in [0, 0.1) is 12.3 Å². The lowest BCUT2D eigenvalue weighted by atomic mass is 9.81. The molecule has 0 bridgehead atoms. The quantitative estimate of drug-likeness (QED) is 0.878. The number of anilines is 1. The van der Waals surface area contributed by atoms with Gasteiger partial charge >= 0.3 is 0 Å². The Morgan fingerprint density at radius 2 is 2.06 bits per heavy atom. The van der Waals surface area contributed by atoms with Gasteiger partial charge in [0.05, 0.1) is 11.1 Å². The van der Waals surface area contributed by atoms with Gasteiger partial charge in [-0.3, -0.25) is 4.79 Å². The summed E-state index contributed by atoms with van der Waals surface area (Å²) in [6, 6.07) is 3.65. The first-order valence-corrected chi connectivity index (χ1v) is 6.93. The van der Waals surface area contributed by atoms with Crippen molar-refractivity contribution in [1.82, 2.24) is 4.98 Å². The van der Waals surface area contributed by atoms with Gasteiger partial charge in [0.1, 0.15) is 5.82 Å². The molecule has 1 rings (SSSR count). The number of nitrogens with one attached hydrogen (secondary N) is 1. The molecule has 0 radical (unpaired) electrons. The van der Waals surface area contributed by atoms with E-state index in [0.29, 0.717) is 12.4 Å². The second-order valence-electron chi connectivity index (χ2n) is 4.41. The predicted octanol–water partition coefficient (Wildman–Crippen LogP) is 2.86. The van der Waals surface area contributed by atoms with Crippen molar-refractivity contribution in [2.75, 3.05) is 11.9 Å². The summed E-state index contributed by atoms with van der Waals surface area (Å²) >= 11 is 3.38. The Balaban J connectivity index is 2.89. The second kappa shape index (κ2) is 6.29. The molecular formula is C13H20BrN3O. The Labute approximate surface area is 116 Å². The number of amides is 1. The molecule has 0 unspecified atom stereocenters. The van der Waals surface area contributed by atoms with Gasteiger partial charge in [-0.25, -0.2) is 4.98 Å². The molecule has 1 heterocycles. The van der Waals surface area contributed by atoms with Crippen LogP contribution < -0.4 is 11.1 Å². The SMILES string of the molecule is CCC(CC)(CN)C(=O)Nc1ccc(Br)c(C)n1. The van der Waals surface area contributed by atoms with Crippen molar-refractivity contribution in [1.29, 1.82) is 0 Å². The summed E-state index contributed by atoms with van der Waals surface area (Å²) in [5.41, 5.74) is 6.10. The van der Waals surface area contributed by atoms with Crippen molar-refractivity contribution in [2.24, 2.45) is 11.1 Å². The van der Waals surface area contributed by atoms with Crippen LogP contribution in [-0.4, -0.2) is 17.4 Å². The third kappa shape index (κ3) is 3.09. The molecule has 1 aromatic heterocycles. The Morgan fingerprint density at radius 3 is 2.50 bits per heavy atom. The summed E-state index contributed by atoms with van der Waals surface area (Å²) in [6.45, 7) is 6.20. The molecule has 100 valence electrons. The molecule has 0 fully saturated rings. The zero-order valence-electron chi connectivity index (χ0n) is 11.1. The molecule has 1 aromatic rings. The molecule has 3 N–H and O–H groups in total. The average Bonchev–Trinajstić information content (AvgIpc) is 2.37. The van der Waals surface area contributed by atoms with Crippen LogP contribution in [0.3, 0.4) is 0 Å². The van der Waals surface area contributed by atoms with Crippen molar-refractivity contribution in [2.45, 2.75) is 33.6 Å². The van der Waals surface area contributed by atoms with Crippen LogP contribution in [0.15, 0.2) is 16.6 Å². The predicted molar refractivity (Wildman–Crippen MR) is 77.4 cm³/mol. The maximum atomic E-state index is 12.3. The van der Waals surface area contributed by atoms with Gasteiger partial charge in [-0.1, -0.05) is 13.8 Å². The second-order valence-corrected chi connectivity index (χ2v) is 5.26. The number of carbonyl (C=O) groups excluding carboxylic acids is 1. The fourth-order valence-electron chi connectivity index (χ4n) is 1.82. The first-order chi connectivity index (χ1) is 8.49. The topological polar surface area (TPSA) is 68.0 Å². The Bertz CT molecular complexity index is 422. The van der Waals surface area contributed by atoms with E-state index >= 15 is 0 Å². The fourth-order valence-corrected chi connectivity index (χ4v) is 2.04. The minimum absolute atomic E-state index is 0.0516. The van der Waals surface area contributed by atoms with Crippen LogP contribution >= 0.6 is 15.9 Å². The molecule has 4 nitrogen and oxygen atoms in total. The zero-order chi connectivity index (χ0) is 13.8. The van der Waals surface area contributed by atoms with Gasteiger partial charge in [0.2, 0.25) is 5.91 Å². The first-order valence-electron chi connectivity index (χ1n) is 6.13. The minimum Gasteiger partial charge on any atom is -0.329 e. The van der Waals surface area contributed by atoms with Crippen molar-refractivity contribution in [3.63, 3.8) is 0 Å². The molecule has 0 saturated carbocycles. The number of aryl methyl sites for hydroxylation is 1. The first kappa shape index (κ1) is 15.1. The molecule has 0 aromatic carbocycles. The minimum atomic E-state index is -0.497. The molecule has 0 spiro atoms. The van der Waals surface area contributed by atoms with E-state index in [1.807, 2.05) is 26.8 Å². The average molecular weight is 314 g/mol. The summed E-state index contributed by atoms with van der Waals surface area (Å²) in [5, 5.41) is 2.85. The lowest BCUT2D eigenvalue weighted by molar-refractivity contribution is -0.125. The van der Waals surface area contributed by atoms with E-state index in [1.54, 1.807) is 6.07 Å². The highest BCUT2D eigenvalue weighted by Crippen LogP contribution is 2.27. The largest absolute Gasteiger partial charge is 0.329 e. The summed E-state index contributed by atoms with van der Waals surface area (Å²) < 4.78 is 0.927. The number of pyridine rings is 1. The standard InChI is InChI=1S/C13H20BrN3O/c1-4-13(5-2,8-15)12(18)17-11-7-6-10(14)9(3)16-11/h6-7H,4-5,8,15H2,1-3H3,(H,16,17,18). The molecule has 0 aliphatic heterocycles. The van der Waals surface area contributed by atoms with Crippen LogP contribution in [0.5, 0.6) is 0 Å². The number of nitrogens with two attached hydrogens (primary N) is 1. The number of nitrogens with zero attached hydrogens (tertiary/aromatic N) is 1. The Kier molecular flexibility index (Phi) is 5.28. The van der Waals surface area contributed by atoms with Gasteiger partial charge in [0.25, 0.3) is 0 Å². The van der Waals surface area contributed by atoms with E-state index < -0.39 is 5.41 Å². The highest BCUT2D eigenvalue weighted by molar-refractivity contribution is 9.10. The van der Waals surface area contributed by atoms with Crippen molar-refractivity contribution in [3.05, 3.63) is 22.3 Å². The molecule has 0 aliphatic rings. The molecule has 0 aliphatic carbocycles. The van der Waals surface area contributed by atoms with Crippen LogP contribution in [-0.2, 0) is 4.79 Å². The van der Waals surface area contributed by atoms with Crippen molar-refractivity contribution >= 4 is 27.7 Å². The number of aromatic nitrogens is 1. The molecule has 0 saturated heterocycles. The van der Waals surface area contributed by atoms with E-state index in [0.717, 1.165) is 23.0 Å². The monoisotopic (exact) mass is 313 g/mol. The molecular weight excluding hydrogens is 294 g/mol. The molecule has 18 heavy (non-hydrogen) atoms. The number of carbonyl (C=O) groups is 1. The van der Waals surface area contributed by atoms with Crippen LogP contribution in [0.2, 0.25) is 0 Å². The van der Waals surface area contributed by atoms with Gasteiger partial charge < -0.3 is 11.1 Å². The number of hydrogen-bond donors (Lipinski definition) is 2.